The lowest BCUT2D eigenvalue weighted by Crippen LogP contribution is -2.40. The van der Waals surface area contributed by atoms with Gasteiger partial charge in [0.05, 0.1) is 5.41 Å². The summed E-state index contributed by atoms with van der Waals surface area (Å²) in [4.78, 5) is 23.9. The molecule has 5 nitrogen and oxygen atoms in total. The van der Waals surface area contributed by atoms with Crippen LogP contribution in [0.25, 0.3) is 0 Å². The molecule has 0 bridgehead atoms. The van der Waals surface area contributed by atoms with Crippen molar-refractivity contribution in [2.75, 3.05) is 6.54 Å². The maximum atomic E-state index is 13.1. The Morgan fingerprint density at radius 2 is 1.85 bits per heavy atom. The first-order chi connectivity index (χ1) is 12.3. The van der Waals surface area contributed by atoms with Gasteiger partial charge in [-0.05, 0) is 56.0 Å². The zero-order valence-electron chi connectivity index (χ0n) is 14.7. The third kappa shape index (κ3) is 4.19. The van der Waals surface area contributed by atoms with Gasteiger partial charge in [0, 0.05) is 11.5 Å². The van der Waals surface area contributed by atoms with E-state index in [9.17, 15) is 24.2 Å². The number of hydrogen-bond donors (Lipinski definition) is 3. The Kier molecular flexibility index (Phi) is 6.32. The van der Waals surface area contributed by atoms with Crippen LogP contribution in [0.5, 0.6) is 0 Å². The first kappa shape index (κ1) is 19.8. The second-order valence-corrected chi connectivity index (χ2v) is 6.71. The summed E-state index contributed by atoms with van der Waals surface area (Å²) in [6, 6.07) is 5.90. The fourth-order valence-electron chi connectivity index (χ4n) is 3.44. The topological polar surface area (TPSA) is 101 Å². The quantitative estimate of drug-likeness (QED) is 0.660. The largest absolute Gasteiger partial charge is 0.481 e. The Balaban J connectivity index is 2.37. The fourth-order valence-corrected chi connectivity index (χ4v) is 3.44. The fraction of sp³-hybridized carbons (Fsp3) is 0.400. The zero-order valence-corrected chi connectivity index (χ0v) is 14.7. The molecule has 0 saturated carbocycles. The highest BCUT2D eigenvalue weighted by Crippen LogP contribution is 2.44. The average molecular weight is 361 g/mol. The van der Waals surface area contributed by atoms with Crippen LogP contribution in [0.3, 0.4) is 0 Å². The van der Waals surface area contributed by atoms with Gasteiger partial charge in [0.25, 0.3) is 0 Å². The van der Waals surface area contributed by atoms with Crippen molar-refractivity contribution in [3.05, 3.63) is 58.9 Å². The number of rotatable bonds is 8. The van der Waals surface area contributed by atoms with Crippen LogP contribution in [0.1, 0.15) is 31.7 Å². The maximum Gasteiger partial charge on any atom is 0.331 e. The van der Waals surface area contributed by atoms with Gasteiger partial charge in [0.15, 0.2) is 0 Å². The third-order valence-corrected chi connectivity index (χ3v) is 5.08. The summed E-state index contributed by atoms with van der Waals surface area (Å²) >= 11 is 0. The second-order valence-electron chi connectivity index (χ2n) is 6.71. The Morgan fingerprint density at radius 1 is 1.19 bits per heavy atom. The number of nitrogens with two attached hydrogens (primary N) is 1. The summed E-state index contributed by atoms with van der Waals surface area (Å²) in [5.41, 5.74) is 5.81. The molecule has 0 amide bonds. The van der Waals surface area contributed by atoms with Gasteiger partial charge in [-0.2, -0.15) is 0 Å². The molecule has 1 aromatic carbocycles. The van der Waals surface area contributed by atoms with E-state index in [0.717, 1.165) is 5.56 Å². The molecular formula is C20H24FNO4. The third-order valence-electron chi connectivity index (χ3n) is 5.08. The van der Waals surface area contributed by atoms with Gasteiger partial charge in [-0.3, -0.25) is 4.79 Å². The number of aliphatic carboxylic acids is 2. The van der Waals surface area contributed by atoms with E-state index in [1.54, 1.807) is 31.2 Å². The summed E-state index contributed by atoms with van der Waals surface area (Å²) in [7, 11) is 0. The molecule has 4 N–H and O–H groups in total. The van der Waals surface area contributed by atoms with Crippen molar-refractivity contribution in [3.63, 3.8) is 0 Å². The number of aryl methyl sites for hydroxylation is 1. The van der Waals surface area contributed by atoms with Gasteiger partial charge in [-0.25, -0.2) is 9.18 Å². The van der Waals surface area contributed by atoms with Crippen LogP contribution in [0.2, 0.25) is 0 Å². The summed E-state index contributed by atoms with van der Waals surface area (Å²) in [5.74, 6) is -3.19. The molecule has 0 spiro atoms. The Hall–Kier alpha value is -2.47. The average Bonchev–Trinajstić information content (AvgIpc) is 2.60. The highest BCUT2D eigenvalue weighted by atomic mass is 19.1. The van der Waals surface area contributed by atoms with E-state index in [1.165, 1.54) is 12.1 Å². The van der Waals surface area contributed by atoms with E-state index in [2.05, 4.69) is 0 Å². The van der Waals surface area contributed by atoms with Crippen molar-refractivity contribution in [2.24, 2.45) is 17.1 Å². The number of halogens is 1. The summed E-state index contributed by atoms with van der Waals surface area (Å²) in [5, 5.41) is 19.5. The van der Waals surface area contributed by atoms with Gasteiger partial charge in [-0.15, -0.1) is 0 Å². The first-order valence-electron chi connectivity index (χ1n) is 8.64. The van der Waals surface area contributed by atoms with Crippen molar-refractivity contribution in [3.8, 4) is 0 Å². The molecule has 2 unspecified atom stereocenters. The molecule has 1 aliphatic rings. The molecule has 0 heterocycles. The molecule has 0 radical (unpaired) electrons. The number of hydrogen-bond acceptors (Lipinski definition) is 3. The standard InChI is InChI=1S/C20H24FNO4/c1-13-17(18(23)24)11-15(3-2-10-22)12-20(13,19(25)26)9-8-14-4-6-16(21)7-5-14/h4-7,11-13H,2-3,8-10,22H2,1H3,(H,23,24)(H,25,26). The van der Waals surface area contributed by atoms with Gasteiger partial charge < -0.3 is 15.9 Å². The highest BCUT2D eigenvalue weighted by Gasteiger charge is 2.46. The molecule has 0 fully saturated rings. The van der Waals surface area contributed by atoms with E-state index in [0.29, 0.717) is 31.4 Å². The zero-order chi connectivity index (χ0) is 19.3. The molecule has 2 rings (SSSR count). The van der Waals surface area contributed by atoms with Crippen LogP contribution in [-0.2, 0) is 16.0 Å². The predicted octanol–water partition coefficient (Wildman–Crippen LogP) is 3.16. The van der Waals surface area contributed by atoms with Crippen LogP contribution >= 0.6 is 0 Å². The number of carbonyl (C=O) groups is 2. The lowest BCUT2D eigenvalue weighted by Gasteiger charge is -2.37. The van der Waals surface area contributed by atoms with Crippen LogP contribution < -0.4 is 5.73 Å². The summed E-state index contributed by atoms with van der Waals surface area (Å²) < 4.78 is 13.1. The molecule has 1 aliphatic carbocycles. The lowest BCUT2D eigenvalue weighted by atomic mass is 9.65. The summed E-state index contributed by atoms with van der Waals surface area (Å²) in [6.07, 6.45) is 5.08. The van der Waals surface area contributed by atoms with Crippen molar-refractivity contribution >= 4 is 11.9 Å². The Morgan fingerprint density at radius 3 is 2.38 bits per heavy atom. The second kappa shape index (κ2) is 8.27. The van der Waals surface area contributed by atoms with Gasteiger partial charge in [0.2, 0.25) is 0 Å². The molecule has 0 aromatic heterocycles. The van der Waals surface area contributed by atoms with Crippen molar-refractivity contribution < 1.29 is 24.2 Å². The molecule has 140 valence electrons. The van der Waals surface area contributed by atoms with Crippen molar-refractivity contribution in [1.82, 2.24) is 0 Å². The van der Waals surface area contributed by atoms with Crippen molar-refractivity contribution in [1.29, 1.82) is 0 Å². The van der Waals surface area contributed by atoms with E-state index >= 15 is 0 Å². The highest BCUT2D eigenvalue weighted by molar-refractivity contribution is 5.91. The van der Waals surface area contributed by atoms with Crippen LogP contribution in [-0.4, -0.2) is 28.7 Å². The summed E-state index contributed by atoms with van der Waals surface area (Å²) in [6.45, 7) is 2.08. The molecule has 6 heteroatoms. The van der Waals surface area contributed by atoms with Crippen molar-refractivity contribution in [2.45, 2.75) is 32.6 Å². The van der Waals surface area contributed by atoms with E-state index in [4.69, 9.17) is 5.73 Å². The number of allylic oxidation sites excluding steroid dienone is 2. The van der Waals surface area contributed by atoms with Crippen LogP contribution in [0.4, 0.5) is 4.39 Å². The molecule has 1 aromatic rings. The number of carboxylic acid groups (broad SMARTS) is 2. The van der Waals surface area contributed by atoms with E-state index < -0.39 is 23.3 Å². The Labute approximate surface area is 152 Å². The Bertz CT molecular complexity index is 739. The van der Waals surface area contributed by atoms with Crippen LogP contribution in [0.15, 0.2) is 47.6 Å². The smallest absolute Gasteiger partial charge is 0.331 e. The molecule has 0 saturated heterocycles. The minimum Gasteiger partial charge on any atom is -0.481 e. The normalized spacial score (nSPS) is 22.5. The molecule has 0 aliphatic heterocycles. The minimum atomic E-state index is -1.32. The van der Waals surface area contributed by atoms with Gasteiger partial charge >= 0.3 is 11.9 Å². The van der Waals surface area contributed by atoms with E-state index in [1.807, 2.05) is 0 Å². The predicted molar refractivity (Wildman–Crippen MR) is 96.0 cm³/mol. The molecule has 26 heavy (non-hydrogen) atoms. The van der Waals surface area contributed by atoms with Crippen LogP contribution in [0, 0.1) is 17.2 Å². The minimum absolute atomic E-state index is 0.0982. The first-order valence-corrected chi connectivity index (χ1v) is 8.64. The SMILES string of the molecule is CC1C(C(=O)O)=CC(CCCN)=CC1(CCc1ccc(F)cc1)C(=O)O. The van der Waals surface area contributed by atoms with E-state index in [-0.39, 0.29) is 17.8 Å². The monoisotopic (exact) mass is 361 g/mol. The van der Waals surface area contributed by atoms with Gasteiger partial charge in [-0.1, -0.05) is 30.7 Å². The van der Waals surface area contributed by atoms with Gasteiger partial charge in [0.1, 0.15) is 5.82 Å². The lowest BCUT2D eigenvalue weighted by molar-refractivity contribution is -0.149. The molecule has 2 atom stereocenters. The molecular weight excluding hydrogens is 337 g/mol. The number of carboxylic acids is 2. The maximum absolute atomic E-state index is 13.1. The number of benzene rings is 1.